The third-order valence-electron chi connectivity index (χ3n) is 5.49. The Morgan fingerprint density at radius 2 is 2.04 bits per heavy atom. The standard InChI is InChI=1S/C18H25N5O3/c1-13(2)21-6-8-22(9-7-21)14-3-5-23(11-14)18(24)16-17(25-12-19-16)15-4-10-26-20-15/h4,10,12-14H,3,5-9,11H2,1-2H3. The monoisotopic (exact) mass is 359 g/mol. The van der Waals surface area contributed by atoms with Crippen LogP contribution in [-0.4, -0.2) is 82.1 Å². The van der Waals surface area contributed by atoms with E-state index in [1.54, 1.807) is 6.07 Å². The van der Waals surface area contributed by atoms with Crippen molar-refractivity contribution in [3.8, 4) is 11.5 Å². The molecule has 2 saturated heterocycles. The van der Waals surface area contributed by atoms with Crippen molar-refractivity contribution in [3.05, 3.63) is 24.4 Å². The maximum absolute atomic E-state index is 12.9. The van der Waals surface area contributed by atoms with E-state index >= 15 is 0 Å². The van der Waals surface area contributed by atoms with E-state index in [4.69, 9.17) is 8.94 Å². The lowest BCUT2D eigenvalue weighted by molar-refractivity contribution is 0.0696. The molecule has 0 saturated carbocycles. The molecule has 2 aliphatic rings. The molecule has 2 fully saturated rings. The summed E-state index contributed by atoms with van der Waals surface area (Å²) in [5.41, 5.74) is 0.801. The number of nitrogens with zero attached hydrogens (tertiary/aromatic N) is 5. The number of aromatic nitrogens is 2. The predicted molar refractivity (Wildman–Crippen MR) is 94.6 cm³/mol. The minimum atomic E-state index is -0.0972. The lowest BCUT2D eigenvalue weighted by atomic mass is 10.1. The lowest BCUT2D eigenvalue weighted by Crippen LogP contribution is -2.52. The van der Waals surface area contributed by atoms with E-state index in [0.717, 1.165) is 45.7 Å². The Morgan fingerprint density at radius 1 is 1.23 bits per heavy atom. The Kier molecular flexibility index (Phi) is 4.78. The van der Waals surface area contributed by atoms with Crippen LogP contribution in [0.2, 0.25) is 0 Å². The van der Waals surface area contributed by atoms with Gasteiger partial charge in [-0.3, -0.25) is 14.6 Å². The largest absolute Gasteiger partial charge is 0.441 e. The molecule has 0 N–H and O–H groups in total. The van der Waals surface area contributed by atoms with Crippen molar-refractivity contribution in [2.45, 2.75) is 32.4 Å². The van der Waals surface area contributed by atoms with Gasteiger partial charge in [-0.25, -0.2) is 4.98 Å². The van der Waals surface area contributed by atoms with Gasteiger partial charge in [0.05, 0.1) is 0 Å². The molecular weight excluding hydrogens is 334 g/mol. The molecule has 2 aromatic rings. The van der Waals surface area contributed by atoms with Crippen LogP contribution in [0.3, 0.4) is 0 Å². The highest BCUT2D eigenvalue weighted by molar-refractivity contribution is 5.97. The molecule has 26 heavy (non-hydrogen) atoms. The van der Waals surface area contributed by atoms with Crippen molar-refractivity contribution >= 4 is 5.91 Å². The van der Waals surface area contributed by atoms with Crippen LogP contribution in [0, 0.1) is 0 Å². The number of rotatable bonds is 4. The number of hydrogen-bond acceptors (Lipinski definition) is 7. The molecule has 1 atom stereocenters. The van der Waals surface area contributed by atoms with Gasteiger partial charge in [0.2, 0.25) is 0 Å². The summed E-state index contributed by atoms with van der Waals surface area (Å²) >= 11 is 0. The summed E-state index contributed by atoms with van der Waals surface area (Å²) in [6.07, 6.45) is 3.75. The normalized spacial score (nSPS) is 22.4. The molecular formula is C18H25N5O3. The molecule has 1 amide bonds. The molecule has 2 aliphatic heterocycles. The molecule has 2 aromatic heterocycles. The molecule has 0 aliphatic carbocycles. The van der Waals surface area contributed by atoms with Crippen LogP contribution in [0.5, 0.6) is 0 Å². The van der Waals surface area contributed by atoms with Crippen LogP contribution < -0.4 is 0 Å². The second kappa shape index (κ2) is 7.20. The van der Waals surface area contributed by atoms with Crippen molar-refractivity contribution in [2.75, 3.05) is 39.3 Å². The lowest BCUT2D eigenvalue weighted by Gasteiger charge is -2.39. The van der Waals surface area contributed by atoms with Gasteiger partial charge in [-0.05, 0) is 20.3 Å². The summed E-state index contributed by atoms with van der Waals surface area (Å²) < 4.78 is 10.2. The molecule has 4 heterocycles. The van der Waals surface area contributed by atoms with E-state index in [1.807, 2.05) is 4.90 Å². The molecule has 0 radical (unpaired) electrons. The number of carbonyl (C=O) groups excluding carboxylic acids is 1. The van der Waals surface area contributed by atoms with Gasteiger partial charge in [-0.2, -0.15) is 0 Å². The van der Waals surface area contributed by atoms with Gasteiger partial charge in [0.15, 0.2) is 23.5 Å². The van der Waals surface area contributed by atoms with Gasteiger partial charge in [0, 0.05) is 57.4 Å². The van der Waals surface area contributed by atoms with Gasteiger partial charge in [0.1, 0.15) is 6.26 Å². The van der Waals surface area contributed by atoms with Crippen molar-refractivity contribution in [3.63, 3.8) is 0 Å². The van der Waals surface area contributed by atoms with Crippen molar-refractivity contribution in [1.82, 2.24) is 24.8 Å². The first-order chi connectivity index (χ1) is 12.6. The number of piperazine rings is 1. The van der Waals surface area contributed by atoms with Crippen molar-refractivity contribution in [2.24, 2.45) is 0 Å². The number of likely N-dealkylation sites (tertiary alicyclic amines) is 1. The Morgan fingerprint density at radius 3 is 2.73 bits per heavy atom. The minimum absolute atomic E-state index is 0.0972. The van der Waals surface area contributed by atoms with Gasteiger partial charge >= 0.3 is 0 Å². The van der Waals surface area contributed by atoms with Crippen LogP contribution >= 0.6 is 0 Å². The van der Waals surface area contributed by atoms with Gasteiger partial charge in [0.25, 0.3) is 5.91 Å². The highest BCUT2D eigenvalue weighted by atomic mass is 16.5. The van der Waals surface area contributed by atoms with E-state index in [9.17, 15) is 4.79 Å². The highest BCUT2D eigenvalue weighted by Gasteiger charge is 2.34. The number of oxazole rings is 1. The fourth-order valence-electron chi connectivity index (χ4n) is 3.90. The van der Waals surface area contributed by atoms with Crippen molar-refractivity contribution in [1.29, 1.82) is 0 Å². The third-order valence-corrected chi connectivity index (χ3v) is 5.49. The minimum Gasteiger partial charge on any atom is -0.441 e. The summed E-state index contributed by atoms with van der Waals surface area (Å²) in [5.74, 6) is 0.276. The number of hydrogen-bond donors (Lipinski definition) is 0. The molecule has 0 aromatic carbocycles. The molecule has 140 valence electrons. The van der Waals surface area contributed by atoms with Crippen LogP contribution in [-0.2, 0) is 0 Å². The Hall–Kier alpha value is -2.19. The highest BCUT2D eigenvalue weighted by Crippen LogP contribution is 2.25. The summed E-state index contributed by atoms with van der Waals surface area (Å²) in [6.45, 7) is 10.3. The quantitative estimate of drug-likeness (QED) is 0.820. The molecule has 1 unspecified atom stereocenters. The SMILES string of the molecule is CC(C)N1CCN(C2CCN(C(=O)c3ncoc3-c3ccon3)C2)CC1. The Labute approximate surface area is 152 Å². The van der Waals surface area contributed by atoms with Crippen molar-refractivity contribution < 1.29 is 13.7 Å². The molecule has 8 heteroatoms. The molecule has 0 bridgehead atoms. The smallest absolute Gasteiger partial charge is 0.276 e. The van der Waals surface area contributed by atoms with Crippen LogP contribution in [0.4, 0.5) is 0 Å². The maximum atomic E-state index is 12.9. The molecule has 4 rings (SSSR count). The van der Waals surface area contributed by atoms with Gasteiger partial charge in [-0.15, -0.1) is 0 Å². The zero-order valence-corrected chi connectivity index (χ0v) is 15.3. The van der Waals surface area contributed by atoms with E-state index in [2.05, 4.69) is 33.8 Å². The Bertz CT molecular complexity index is 734. The Balaban J connectivity index is 1.39. The molecule has 0 spiro atoms. The first-order valence-corrected chi connectivity index (χ1v) is 9.25. The maximum Gasteiger partial charge on any atom is 0.276 e. The average Bonchev–Trinajstić information content (AvgIpc) is 3.41. The third kappa shape index (κ3) is 3.26. The second-order valence-electron chi connectivity index (χ2n) is 7.27. The second-order valence-corrected chi connectivity index (χ2v) is 7.27. The van der Waals surface area contributed by atoms with Gasteiger partial charge in [-0.1, -0.05) is 5.16 Å². The zero-order chi connectivity index (χ0) is 18.1. The fourth-order valence-corrected chi connectivity index (χ4v) is 3.90. The summed E-state index contributed by atoms with van der Waals surface area (Å²) in [7, 11) is 0. The first-order valence-electron chi connectivity index (χ1n) is 9.25. The zero-order valence-electron chi connectivity index (χ0n) is 15.3. The topological polar surface area (TPSA) is 78.9 Å². The summed E-state index contributed by atoms with van der Waals surface area (Å²) in [4.78, 5) is 23.9. The van der Waals surface area contributed by atoms with E-state index in [1.165, 1.54) is 12.7 Å². The predicted octanol–water partition coefficient (Wildman–Crippen LogP) is 1.57. The van der Waals surface area contributed by atoms with E-state index < -0.39 is 0 Å². The van der Waals surface area contributed by atoms with Crippen LogP contribution in [0.15, 0.2) is 27.7 Å². The summed E-state index contributed by atoms with van der Waals surface area (Å²) in [5, 5.41) is 3.85. The average molecular weight is 359 g/mol. The van der Waals surface area contributed by atoms with Gasteiger partial charge < -0.3 is 13.8 Å². The fraction of sp³-hybridized carbons (Fsp3) is 0.611. The number of amides is 1. The first kappa shape index (κ1) is 17.2. The number of carbonyl (C=O) groups is 1. The van der Waals surface area contributed by atoms with Crippen LogP contribution in [0.1, 0.15) is 30.8 Å². The summed E-state index contributed by atoms with van der Waals surface area (Å²) in [6, 6.07) is 2.69. The van der Waals surface area contributed by atoms with E-state index in [-0.39, 0.29) is 5.91 Å². The van der Waals surface area contributed by atoms with Crippen LogP contribution in [0.25, 0.3) is 11.5 Å². The van der Waals surface area contributed by atoms with E-state index in [0.29, 0.717) is 29.2 Å². The molecule has 8 nitrogen and oxygen atoms in total.